The van der Waals surface area contributed by atoms with Crippen LogP contribution in [0, 0.1) is 5.82 Å². The fourth-order valence-electron chi connectivity index (χ4n) is 1.46. The van der Waals surface area contributed by atoms with Crippen LogP contribution in [-0.4, -0.2) is 4.98 Å². The molecule has 2 rings (SSSR count). The van der Waals surface area contributed by atoms with E-state index in [0.29, 0.717) is 16.5 Å². The molecule has 74 valence electrons. The van der Waals surface area contributed by atoms with Gasteiger partial charge < -0.3 is 0 Å². The van der Waals surface area contributed by atoms with E-state index in [9.17, 15) is 4.39 Å². The molecule has 0 radical (unpaired) electrons. The summed E-state index contributed by atoms with van der Waals surface area (Å²) in [6.45, 7) is 0.113. The monoisotopic (exact) mass is 202 g/mol. The van der Waals surface area contributed by atoms with Crippen LogP contribution >= 0.6 is 0 Å². The topological polar surface area (TPSA) is 61.7 Å². The largest absolute Gasteiger partial charge is 0.256 e. The van der Waals surface area contributed by atoms with Crippen molar-refractivity contribution >= 4 is 10.9 Å². The number of azide groups is 1. The maximum atomic E-state index is 13.2. The van der Waals surface area contributed by atoms with Gasteiger partial charge in [0.1, 0.15) is 5.82 Å². The molecule has 0 saturated carbocycles. The van der Waals surface area contributed by atoms with E-state index in [-0.39, 0.29) is 12.4 Å². The van der Waals surface area contributed by atoms with Crippen molar-refractivity contribution < 1.29 is 4.39 Å². The Morgan fingerprint density at radius 3 is 3.13 bits per heavy atom. The average Bonchev–Trinajstić information content (AvgIpc) is 2.25. The van der Waals surface area contributed by atoms with E-state index in [1.165, 1.54) is 12.1 Å². The molecule has 5 heteroatoms. The fraction of sp³-hybridized carbons (Fsp3) is 0.100. The zero-order chi connectivity index (χ0) is 10.7. The van der Waals surface area contributed by atoms with Crippen molar-refractivity contribution in [3.63, 3.8) is 0 Å². The number of pyridine rings is 1. The van der Waals surface area contributed by atoms with Gasteiger partial charge in [0.05, 0.1) is 12.1 Å². The predicted octanol–water partition coefficient (Wildman–Crippen LogP) is 3.18. The first-order valence-electron chi connectivity index (χ1n) is 4.35. The van der Waals surface area contributed by atoms with Crippen LogP contribution in [-0.2, 0) is 6.54 Å². The van der Waals surface area contributed by atoms with Crippen LogP contribution in [0.3, 0.4) is 0 Å². The highest BCUT2D eigenvalue weighted by Crippen LogP contribution is 2.18. The van der Waals surface area contributed by atoms with Crippen molar-refractivity contribution in [3.05, 3.63) is 52.3 Å². The summed E-state index contributed by atoms with van der Waals surface area (Å²) in [6, 6.07) is 6.25. The molecule has 0 aliphatic heterocycles. The van der Waals surface area contributed by atoms with Crippen LogP contribution in [0.15, 0.2) is 35.6 Å². The first kappa shape index (κ1) is 9.43. The highest BCUT2D eigenvalue weighted by Gasteiger charge is 2.03. The summed E-state index contributed by atoms with van der Waals surface area (Å²) in [4.78, 5) is 6.77. The number of hydrogen-bond acceptors (Lipinski definition) is 2. The van der Waals surface area contributed by atoms with Crippen LogP contribution in [0.5, 0.6) is 0 Å². The number of nitrogens with zero attached hydrogens (tertiary/aromatic N) is 4. The molecule has 15 heavy (non-hydrogen) atoms. The second-order valence-corrected chi connectivity index (χ2v) is 3.03. The molecule has 0 aliphatic carbocycles. The Morgan fingerprint density at radius 2 is 2.33 bits per heavy atom. The van der Waals surface area contributed by atoms with Gasteiger partial charge in [-0.3, -0.25) is 4.98 Å². The lowest BCUT2D eigenvalue weighted by Crippen LogP contribution is -1.89. The maximum Gasteiger partial charge on any atom is 0.124 e. The first-order valence-corrected chi connectivity index (χ1v) is 4.35. The minimum absolute atomic E-state index is 0.113. The highest BCUT2D eigenvalue weighted by molar-refractivity contribution is 5.81. The van der Waals surface area contributed by atoms with Gasteiger partial charge in [0, 0.05) is 16.5 Å². The van der Waals surface area contributed by atoms with Gasteiger partial charge in [0.15, 0.2) is 0 Å². The fourth-order valence-corrected chi connectivity index (χ4v) is 1.46. The van der Waals surface area contributed by atoms with Gasteiger partial charge in [-0.05, 0) is 29.3 Å². The quantitative estimate of drug-likeness (QED) is 0.419. The third-order valence-corrected chi connectivity index (χ3v) is 2.05. The van der Waals surface area contributed by atoms with Gasteiger partial charge in [-0.1, -0.05) is 11.2 Å². The van der Waals surface area contributed by atoms with Gasteiger partial charge in [-0.25, -0.2) is 4.39 Å². The van der Waals surface area contributed by atoms with Gasteiger partial charge in [0.2, 0.25) is 0 Å². The van der Waals surface area contributed by atoms with Gasteiger partial charge >= 0.3 is 0 Å². The lowest BCUT2D eigenvalue weighted by molar-refractivity contribution is 0.627. The molecule has 0 bridgehead atoms. The van der Waals surface area contributed by atoms with E-state index in [0.717, 1.165) is 0 Å². The van der Waals surface area contributed by atoms with Crippen molar-refractivity contribution in [3.8, 4) is 0 Å². The summed E-state index contributed by atoms with van der Waals surface area (Å²) in [6.07, 6.45) is 1.62. The standard InChI is InChI=1S/C10H7FN4/c11-9-4-7-2-1-3-13-10(7)8(5-9)6-14-15-12/h1-5H,6H2. The highest BCUT2D eigenvalue weighted by atomic mass is 19.1. The Morgan fingerprint density at radius 1 is 1.47 bits per heavy atom. The lowest BCUT2D eigenvalue weighted by atomic mass is 10.1. The molecule has 4 nitrogen and oxygen atoms in total. The minimum Gasteiger partial charge on any atom is -0.256 e. The third-order valence-electron chi connectivity index (χ3n) is 2.05. The first-order chi connectivity index (χ1) is 7.31. The molecule has 0 fully saturated rings. The Labute approximate surface area is 85.0 Å². The molecule has 1 heterocycles. The minimum atomic E-state index is -0.348. The molecule has 0 aliphatic rings. The van der Waals surface area contributed by atoms with Crippen LogP contribution in [0.25, 0.3) is 21.3 Å². The second kappa shape index (κ2) is 3.94. The Bertz CT molecular complexity index is 546. The van der Waals surface area contributed by atoms with E-state index >= 15 is 0 Å². The zero-order valence-corrected chi connectivity index (χ0v) is 7.76. The molecule has 0 amide bonds. The molecule has 1 aromatic carbocycles. The third kappa shape index (κ3) is 1.87. The van der Waals surface area contributed by atoms with Crippen LogP contribution in [0.2, 0.25) is 0 Å². The van der Waals surface area contributed by atoms with E-state index < -0.39 is 0 Å². The number of fused-ring (bicyclic) bond motifs is 1. The van der Waals surface area contributed by atoms with E-state index in [2.05, 4.69) is 15.0 Å². The number of hydrogen-bond donors (Lipinski definition) is 0. The van der Waals surface area contributed by atoms with Crippen molar-refractivity contribution in [1.29, 1.82) is 0 Å². The molecular formula is C10H7FN4. The lowest BCUT2D eigenvalue weighted by Gasteiger charge is -2.02. The van der Waals surface area contributed by atoms with Gasteiger partial charge in [-0.15, -0.1) is 0 Å². The van der Waals surface area contributed by atoms with E-state index in [1.54, 1.807) is 18.3 Å². The van der Waals surface area contributed by atoms with Crippen LogP contribution < -0.4 is 0 Å². The number of rotatable bonds is 2. The number of aromatic nitrogens is 1. The molecule has 2 aromatic rings. The van der Waals surface area contributed by atoms with Gasteiger partial charge in [0.25, 0.3) is 0 Å². The molecule has 0 atom stereocenters. The van der Waals surface area contributed by atoms with Crippen molar-refractivity contribution in [2.75, 3.05) is 0 Å². The Hall–Kier alpha value is -2.13. The predicted molar refractivity (Wildman–Crippen MR) is 54.6 cm³/mol. The van der Waals surface area contributed by atoms with Crippen LogP contribution in [0.4, 0.5) is 4.39 Å². The van der Waals surface area contributed by atoms with Crippen molar-refractivity contribution in [2.45, 2.75) is 6.54 Å². The Kier molecular flexibility index (Phi) is 2.48. The Balaban J connectivity index is 2.65. The average molecular weight is 202 g/mol. The smallest absolute Gasteiger partial charge is 0.124 e. The summed E-state index contributed by atoms with van der Waals surface area (Å²) in [5.41, 5.74) is 9.49. The molecule has 0 spiro atoms. The normalized spacial score (nSPS) is 9.93. The van der Waals surface area contributed by atoms with Crippen molar-refractivity contribution in [2.24, 2.45) is 5.11 Å². The maximum absolute atomic E-state index is 13.2. The van der Waals surface area contributed by atoms with E-state index in [1.807, 2.05) is 0 Å². The summed E-state index contributed by atoms with van der Waals surface area (Å²) >= 11 is 0. The molecular weight excluding hydrogens is 195 g/mol. The molecule has 0 unspecified atom stereocenters. The molecule has 1 aromatic heterocycles. The molecule has 0 N–H and O–H groups in total. The molecule has 0 saturated heterocycles. The summed E-state index contributed by atoms with van der Waals surface area (Å²) < 4.78 is 13.2. The summed E-state index contributed by atoms with van der Waals surface area (Å²) in [5.74, 6) is -0.348. The van der Waals surface area contributed by atoms with Crippen LogP contribution in [0.1, 0.15) is 5.56 Å². The zero-order valence-electron chi connectivity index (χ0n) is 7.76. The number of benzene rings is 1. The summed E-state index contributed by atoms with van der Waals surface area (Å²) in [7, 11) is 0. The van der Waals surface area contributed by atoms with Gasteiger partial charge in [-0.2, -0.15) is 0 Å². The SMILES string of the molecule is [N-]=[N+]=NCc1cc(F)cc2cccnc12. The number of halogens is 1. The van der Waals surface area contributed by atoms with E-state index in [4.69, 9.17) is 5.53 Å². The summed E-state index contributed by atoms with van der Waals surface area (Å²) in [5, 5.41) is 4.12. The second-order valence-electron chi connectivity index (χ2n) is 3.03. The van der Waals surface area contributed by atoms with Crippen molar-refractivity contribution in [1.82, 2.24) is 4.98 Å².